The molecular weight excluding hydrogens is 287 g/mol. The van der Waals surface area contributed by atoms with E-state index in [0.717, 1.165) is 0 Å². The van der Waals surface area contributed by atoms with E-state index in [0.29, 0.717) is 21.4 Å². The molecule has 0 aromatic heterocycles. The normalized spacial score (nSPS) is 10.2. The van der Waals surface area contributed by atoms with E-state index in [1.165, 1.54) is 6.07 Å². The molecule has 0 saturated heterocycles. The Morgan fingerprint density at radius 1 is 1.11 bits per heavy atom. The van der Waals surface area contributed by atoms with E-state index in [-0.39, 0.29) is 12.2 Å². The van der Waals surface area contributed by atoms with Gasteiger partial charge < -0.3 is 9.84 Å². The van der Waals surface area contributed by atoms with E-state index >= 15 is 0 Å². The Hall–Kier alpha value is -1.71. The average Bonchev–Trinajstić information content (AvgIpc) is 2.40. The molecule has 0 atom stereocenters. The maximum absolute atomic E-state index is 11.0. The molecule has 0 bridgehead atoms. The summed E-state index contributed by atoms with van der Waals surface area (Å²) in [5, 5.41) is 9.89. The number of carboxylic acids is 1. The summed E-state index contributed by atoms with van der Waals surface area (Å²) in [5.41, 5.74) is 0.823. The van der Waals surface area contributed by atoms with Crippen molar-refractivity contribution in [3.05, 3.63) is 63.6 Å². The number of carbonyl (C=O) groups is 1. The maximum atomic E-state index is 11.0. The number of hydrogen-bond acceptors (Lipinski definition) is 2. The molecule has 0 heterocycles. The second-order valence-electron chi connectivity index (χ2n) is 3.83. The zero-order valence-electron chi connectivity index (χ0n) is 9.77. The smallest absolute Gasteiger partial charge is 0.336 e. The van der Waals surface area contributed by atoms with Gasteiger partial charge in [-0.2, -0.15) is 0 Å². The van der Waals surface area contributed by atoms with Crippen LogP contribution in [0.15, 0.2) is 42.5 Å². The highest BCUT2D eigenvalue weighted by Crippen LogP contribution is 2.27. The average molecular weight is 297 g/mol. The number of hydrogen-bond donors (Lipinski definition) is 1. The Kier molecular flexibility index (Phi) is 4.30. The van der Waals surface area contributed by atoms with E-state index in [1.54, 1.807) is 36.4 Å². The van der Waals surface area contributed by atoms with Crippen molar-refractivity contribution in [2.24, 2.45) is 0 Å². The molecule has 19 heavy (non-hydrogen) atoms. The van der Waals surface area contributed by atoms with Crippen LogP contribution < -0.4 is 4.74 Å². The standard InChI is InChI=1S/C14H10Cl2O3/c15-12-6-5-10(7-13(12)16)19-8-9-3-1-2-4-11(9)14(17)18/h1-7H,8H2,(H,17,18). The SMILES string of the molecule is O=C(O)c1ccccc1COc1ccc(Cl)c(Cl)c1. The first kappa shape index (κ1) is 13.7. The van der Waals surface area contributed by atoms with E-state index in [1.807, 2.05) is 0 Å². The summed E-state index contributed by atoms with van der Waals surface area (Å²) < 4.78 is 5.51. The molecule has 5 heteroatoms. The van der Waals surface area contributed by atoms with Gasteiger partial charge in [-0.3, -0.25) is 0 Å². The largest absolute Gasteiger partial charge is 0.489 e. The molecule has 2 aromatic carbocycles. The highest BCUT2D eigenvalue weighted by atomic mass is 35.5. The van der Waals surface area contributed by atoms with Gasteiger partial charge in [-0.15, -0.1) is 0 Å². The van der Waals surface area contributed by atoms with Crippen LogP contribution in [0.1, 0.15) is 15.9 Å². The molecule has 0 aliphatic carbocycles. The molecule has 0 aliphatic rings. The summed E-state index contributed by atoms with van der Waals surface area (Å²) in [7, 11) is 0. The monoisotopic (exact) mass is 296 g/mol. The van der Waals surface area contributed by atoms with Gasteiger partial charge in [0.1, 0.15) is 12.4 Å². The minimum atomic E-state index is -0.978. The molecule has 0 unspecified atom stereocenters. The quantitative estimate of drug-likeness (QED) is 0.916. The number of rotatable bonds is 4. The fourth-order valence-electron chi connectivity index (χ4n) is 1.58. The van der Waals surface area contributed by atoms with Crippen LogP contribution in [-0.4, -0.2) is 11.1 Å². The summed E-state index contributed by atoms with van der Waals surface area (Å²) in [5.74, 6) is -0.442. The molecule has 0 spiro atoms. The zero-order chi connectivity index (χ0) is 13.8. The van der Waals surface area contributed by atoms with Gasteiger partial charge in [0.25, 0.3) is 0 Å². The first-order chi connectivity index (χ1) is 9.08. The number of ether oxygens (including phenoxy) is 1. The van der Waals surface area contributed by atoms with Crippen LogP contribution in [0.5, 0.6) is 5.75 Å². The molecule has 0 aliphatic heterocycles. The fraction of sp³-hybridized carbons (Fsp3) is 0.0714. The van der Waals surface area contributed by atoms with Crippen LogP contribution in [0.4, 0.5) is 0 Å². The Balaban J connectivity index is 2.14. The van der Waals surface area contributed by atoms with Gasteiger partial charge in [-0.1, -0.05) is 41.4 Å². The van der Waals surface area contributed by atoms with Crippen LogP contribution in [0, 0.1) is 0 Å². The molecular formula is C14H10Cl2O3. The summed E-state index contributed by atoms with van der Waals surface area (Å²) in [6.07, 6.45) is 0. The van der Waals surface area contributed by atoms with Gasteiger partial charge in [0.15, 0.2) is 0 Å². The van der Waals surface area contributed by atoms with Gasteiger partial charge in [0.05, 0.1) is 15.6 Å². The third kappa shape index (κ3) is 3.40. The van der Waals surface area contributed by atoms with Crippen LogP contribution >= 0.6 is 23.2 Å². The first-order valence-electron chi connectivity index (χ1n) is 5.47. The highest BCUT2D eigenvalue weighted by Gasteiger charge is 2.09. The molecule has 0 saturated carbocycles. The van der Waals surface area contributed by atoms with Crippen molar-refractivity contribution in [3.63, 3.8) is 0 Å². The molecule has 0 fully saturated rings. The lowest BCUT2D eigenvalue weighted by Crippen LogP contribution is -2.05. The first-order valence-corrected chi connectivity index (χ1v) is 6.22. The van der Waals surface area contributed by atoms with Crippen LogP contribution in [0.25, 0.3) is 0 Å². The van der Waals surface area contributed by atoms with Gasteiger partial charge in [0.2, 0.25) is 0 Å². The van der Waals surface area contributed by atoms with Gasteiger partial charge in [-0.05, 0) is 18.2 Å². The number of benzene rings is 2. The molecule has 98 valence electrons. The molecule has 3 nitrogen and oxygen atoms in total. The Bertz CT molecular complexity index is 611. The van der Waals surface area contributed by atoms with Gasteiger partial charge in [-0.25, -0.2) is 4.79 Å². The van der Waals surface area contributed by atoms with Crippen LogP contribution in [0.3, 0.4) is 0 Å². The van der Waals surface area contributed by atoms with E-state index in [9.17, 15) is 4.79 Å². The van der Waals surface area contributed by atoms with E-state index < -0.39 is 5.97 Å². The molecule has 2 rings (SSSR count). The van der Waals surface area contributed by atoms with Crippen molar-refractivity contribution in [3.8, 4) is 5.75 Å². The third-order valence-electron chi connectivity index (χ3n) is 2.53. The lowest BCUT2D eigenvalue weighted by atomic mass is 10.1. The predicted octanol–water partition coefficient (Wildman–Crippen LogP) is 4.27. The Morgan fingerprint density at radius 3 is 2.53 bits per heavy atom. The lowest BCUT2D eigenvalue weighted by molar-refractivity contribution is 0.0694. The van der Waals surface area contributed by atoms with Gasteiger partial charge in [0, 0.05) is 11.6 Å². The second kappa shape index (κ2) is 5.95. The summed E-state index contributed by atoms with van der Waals surface area (Å²) >= 11 is 11.7. The predicted molar refractivity (Wildman–Crippen MR) is 74.2 cm³/mol. The Morgan fingerprint density at radius 2 is 1.84 bits per heavy atom. The zero-order valence-corrected chi connectivity index (χ0v) is 11.3. The molecule has 2 aromatic rings. The fourth-order valence-corrected chi connectivity index (χ4v) is 1.87. The van der Waals surface area contributed by atoms with Crippen molar-refractivity contribution in [2.75, 3.05) is 0 Å². The van der Waals surface area contributed by atoms with Crippen LogP contribution in [0.2, 0.25) is 10.0 Å². The minimum absolute atomic E-state index is 0.153. The maximum Gasteiger partial charge on any atom is 0.336 e. The minimum Gasteiger partial charge on any atom is -0.489 e. The number of halogens is 2. The lowest BCUT2D eigenvalue weighted by Gasteiger charge is -2.09. The highest BCUT2D eigenvalue weighted by molar-refractivity contribution is 6.42. The molecule has 1 N–H and O–H groups in total. The summed E-state index contributed by atoms with van der Waals surface area (Å²) in [6, 6.07) is 11.6. The molecule has 0 radical (unpaired) electrons. The topological polar surface area (TPSA) is 46.5 Å². The number of carboxylic acid groups (broad SMARTS) is 1. The van der Waals surface area contributed by atoms with Crippen molar-refractivity contribution in [1.82, 2.24) is 0 Å². The van der Waals surface area contributed by atoms with Crippen molar-refractivity contribution in [2.45, 2.75) is 6.61 Å². The van der Waals surface area contributed by atoms with E-state index in [4.69, 9.17) is 33.0 Å². The second-order valence-corrected chi connectivity index (χ2v) is 4.64. The Labute approximate surface area is 120 Å². The van der Waals surface area contributed by atoms with Gasteiger partial charge >= 0.3 is 5.97 Å². The summed E-state index contributed by atoms with van der Waals surface area (Å²) in [4.78, 5) is 11.0. The van der Waals surface area contributed by atoms with Crippen molar-refractivity contribution >= 4 is 29.2 Å². The van der Waals surface area contributed by atoms with Crippen LogP contribution in [-0.2, 0) is 6.61 Å². The third-order valence-corrected chi connectivity index (χ3v) is 3.27. The summed E-state index contributed by atoms with van der Waals surface area (Å²) in [6.45, 7) is 0.153. The molecule has 0 amide bonds. The van der Waals surface area contributed by atoms with E-state index in [2.05, 4.69) is 0 Å². The number of aromatic carboxylic acids is 1. The van der Waals surface area contributed by atoms with Crippen molar-refractivity contribution < 1.29 is 14.6 Å². The van der Waals surface area contributed by atoms with Crippen molar-refractivity contribution in [1.29, 1.82) is 0 Å².